The fourth-order valence-corrected chi connectivity index (χ4v) is 1.78. The lowest BCUT2D eigenvalue weighted by Crippen LogP contribution is -2.00. The lowest BCUT2D eigenvalue weighted by Gasteiger charge is -2.14. The van der Waals surface area contributed by atoms with Gasteiger partial charge in [-0.1, -0.05) is 26.7 Å². The van der Waals surface area contributed by atoms with Gasteiger partial charge in [-0.2, -0.15) is 0 Å². The van der Waals surface area contributed by atoms with Crippen molar-refractivity contribution in [3.05, 3.63) is 10.4 Å². The number of rotatable bonds is 10. The number of phosphoric ester groups is 1. The quantitative estimate of drug-likeness (QED) is 0.146. The molecule has 0 spiro atoms. The summed E-state index contributed by atoms with van der Waals surface area (Å²) in [7, 11) is -3.72. The van der Waals surface area contributed by atoms with E-state index in [1.807, 2.05) is 13.8 Å². The summed E-state index contributed by atoms with van der Waals surface area (Å²) >= 11 is 0. The summed E-state index contributed by atoms with van der Waals surface area (Å²) in [5.41, 5.74) is 8.07. The van der Waals surface area contributed by atoms with E-state index in [2.05, 4.69) is 14.8 Å². The summed E-state index contributed by atoms with van der Waals surface area (Å²) in [5.74, 6) is 0. The van der Waals surface area contributed by atoms with Crippen LogP contribution in [0.15, 0.2) is 5.28 Å². The molecule has 0 aromatic rings. The number of nitrogens with zero attached hydrogens (tertiary/aromatic N) is 3. The molecule has 0 rings (SSSR count). The van der Waals surface area contributed by atoms with E-state index in [9.17, 15) is 4.57 Å². The summed E-state index contributed by atoms with van der Waals surface area (Å²) in [6.07, 6.45) is 3.27. The Morgan fingerprint density at radius 3 is 2.06 bits per heavy atom. The second-order valence-corrected chi connectivity index (χ2v) is 4.65. The molecule has 0 aliphatic heterocycles. The van der Waals surface area contributed by atoms with Gasteiger partial charge < -0.3 is 4.62 Å². The third kappa shape index (κ3) is 7.54. The van der Waals surface area contributed by atoms with E-state index < -0.39 is 7.82 Å². The average molecular weight is 251 g/mol. The minimum absolute atomic E-state index is 0.251. The fraction of sp³-hybridized carbons (Fsp3) is 1.00. The van der Waals surface area contributed by atoms with Crippen LogP contribution in [-0.2, 0) is 18.2 Å². The van der Waals surface area contributed by atoms with Crippen molar-refractivity contribution < 1.29 is 18.2 Å². The van der Waals surface area contributed by atoms with E-state index >= 15 is 0 Å². The predicted molar refractivity (Wildman–Crippen MR) is 59.6 cm³/mol. The maximum absolute atomic E-state index is 11.8. The first kappa shape index (κ1) is 15.3. The van der Waals surface area contributed by atoms with Crippen molar-refractivity contribution in [3.8, 4) is 0 Å². The van der Waals surface area contributed by atoms with Crippen molar-refractivity contribution in [1.82, 2.24) is 0 Å². The van der Waals surface area contributed by atoms with Crippen molar-refractivity contribution in [2.45, 2.75) is 39.5 Å². The summed E-state index contributed by atoms with van der Waals surface area (Å²) in [6, 6.07) is 0. The Morgan fingerprint density at radius 1 is 1.19 bits per heavy atom. The Bertz CT molecular complexity index is 254. The molecule has 0 radical (unpaired) electrons. The van der Waals surface area contributed by atoms with Crippen LogP contribution in [0.1, 0.15) is 39.5 Å². The summed E-state index contributed by atoms with van der Waals surface area (Å²) in [4.78, 5) is 2.35. The average Bonchev–Trinajstić information content (AvgIpc) is 2.27. The van der Waals surface area contributed by atoms with Crippen LogP contribution in [-0.4, -0.2) is 13.2 Å². The van der Waals surface area contributed by atoms with Crippen molar-refractivity contribution in [1.29, 1.82) is 0 Å². The van der Waals surface area contributed by atoms with Gasteiger partial charge >= 0.3 is 7.82 Å². The molecular formula is C8H18N3O4P. The van der Waals surface area contributed by atoms with Gasteiger partial charge in [0.05, 0.1) is 13.2 Å². The van der Waals surface area contributed by atoms with Crippen LogP contribution in [0.25, 0.3) is 10.4 Å². The predicted octanol–water partition coefficient (Wildman–Crippen LogP) is 3.97. The Hall–Kier alpha value is -0.740. The largest absolute Gasteiger partial charge is 0.536 e. The number of azide groups is 1. The lowest BCUT2D eigenvalue weighted by molar-refractivity contribution is 0.112. The van der Waals surface area contributed by atoms with Crippen molar-refractivity contribution >= 4 is 7.82 Å². The topological polar surface area (TPSA) is 93.5 Å². The van der Waals surface area contributed by atoms with E-state index in [0.717, 1.165) is 25.7 Å². The van der Waals surface area contributed by atoms with Gasteiger partial charge in [0.2, 0.25) is 0 Å². The van der Waals surface area contributed by atoms with E-state index in [-0.39, 0.29) is 13.2 Å². The molecule has 0 saturated carbocycles. The third-order valence-corrected chi connectivity index (χ3v) is 2.94. The molecule has 94 valence electrons. The smallest absolute Gasteiger partial charge is 0.336 e. The molecule has 0 bridgehead atoms. The maximum Gasteiger partial charge on any atom is 0.536 e. The molecule has 0 N–H and O–H groups in total. The van der Waals surface area contributed by atoms with Gasteiger partial charge in [-0.05, 0) is 18.4 Å². The number of unbranched alkanes of at least 4 members (excludes halogenated alkanes) is 2. The van der Waals surface area contributed by atoms with Gasteiger partial charge in [0, 0.05) is 4.91 Å². The highest BCUT2D eigenvalue weighted by atomic mass is 31.2. The second kappa shape index (κ2) is 9.48. The number of hydrogen-bond acceptors (Lipinski definition) is 5. The molecule has 0 heterocycles. The van der Waals surface area contributed by atoms with Crippen LogP contribution < -0.4 is 0 Å². The SMILES string of the molecule is CCCCOP(=O)(OCCCC)ON=[N+]=[N-]. The molecule has 0 saturated heterocycles. The van der Waals surface area contributed by atoms with Crippen LogP contribution in [0.5, 0.6) is 0 Å². The molecule has 0 unspecified atom stereocenters. The maximum atomic E-state index is 11.8. The van der Waals surface area contributed by atoms with Crippen LogP contribution in [0.2, 0.25) is 0 Å². The molecule has 7 nitrogen and oxygen atoms in total. The Morgan fingerprint density at radius 2 is 1.69 bits per heavy atom. The Balaban J connectivity index is 4.12. The molecule has 0 aromatic carbocycles. The molecule has 0 amide bonds. The summed E-state index contributed by atoms with van der Waals surface area (Å²) < 4.78 is 26.1. The van der Waals surface area contributed by atoms with Crippen LogP contribution in [0, 0.1) is 0 Å². The molecule has 0 fully saturated rings. The minimum Gasteiger partial charge on any atom is -0.336 e. The molecule has 8 heteroatoms. The Labute approximate surface area is 95.3 Å². The fourth-order valence-electron chi connectivity index (χ4n) is 0.787. The molecule has 0 aromatic heterocycles. The van der Waals surface area contributed by atoms with E-state index in [1.54, 1.807) is 0 Å². The van der Waals surface area contributed by atoms with Gasteiger partial charge in [-0.3, -0.25) is 9.05 Å². The monoisotopic (exact) mass is 251 g/mol. The van der Waals surface area contributed by atoms with E-state index in [0.29, 0.717) is 0 Å². The third-order valence-electron chi connectivity index (χ3n) is 1.67. The van der Waals surface area contributed by atoms with Gasteiger partial charge in [-0.15, -0.1) is 0 Å². The normalized spacial score (nSPS) is 10.9. The number of phosphoric acid groups is 1. The van der Waals surface area contributed by atoms with Gasteiger partial charge in [0.15, 0.2) is 0 Å². The van der Waals surface area contributed by atoms with E-state index in [4.69, 9.17) is 14.6 Å². The van der Waals surface area contributed by atoms with Crippen molar-refractivity contribution in [2.24, 2.45) is 5.28 Å². The van der Waals surface area contributed by atoms with Gasteiger partial charge in [-0.25, -0.2) is 4.57 Å². The Kier molecular flexibility index (Phi) is 9.04. The molecule has 0 atom stereocenters. The zero-order valence-corrected chi connectivity index (χ0v) is 10.6. The molecule has 16 heavy (non-hydrogen) atoms. The minimum atomic E-state index is -3.72. The number of hydrogen-bond donors (Lipinski definition) is 0. The van der Waals surface area contributed by atoms with Crippen LogP contribution in [0.4, 0.5) is 0 Å². The molecular weight excluding hydrogens is 233 g/mol. The second-order valence-electron chi connectivity index (χ2n) is 3.07. The first-order valence-electron chi connectivity index (χ1n) is 5.30. The highest BCUT2D eigenvalue weighted by Crippen LogP contribution is 2.50. The summed E-state index contributed by atoms with van der Waals surface area (Å²) in [5, 5.41) is 2.77. The highest BCUT2D eigenvalue weighted by molar-refractivity contribution is 7.48. The highest BCUT2D eigenvalue weighted by Gasteiger charge is 2.27. The van der Waals surface area contributed by atoms with Crippen LogP contribution >= 0.6 is 7.82 Å². The van der Waals surface area contributed by atoms with E-state index in [1.165, 1.54) is 0 Å². The lowest BCUT2D eigenvalue weighted by atomic mass is 10.4. The zero-order chi connectivity index (χ0) is 12.3. The van der Waals surface area contributed by atoms with Gasteiger partial charge in [0.25, 0.3) is 0 Å². The first-order valence-corrected chi connectivity index (χ1v) is 6.77. The van der Waals surface area contributed by atoms with Crippen LogP contribution in [0.3, 0.4) is 0 Å². The van der Waals surface area contributed by atoms with Gasteiger partial charge in [0.1, 0.15) is 5.28 Å². The molecule has 0 aliphatic carbocycles. The molecule has 0 aliphatic rings. The van der Waals surface area contributed by atoms with Crippen molar-refractivity contribution in [2.75, 3.05) is 13.2 Å². The first-order chi connectivity index (χ1) is 7.68. The summed E-state index contributed by atoms with van der Waals surface area (Å²) in [6.45, 7) is 4.45. The zero-order valence-electron chi connectivity index (χ0n) is 9.66. The van der Waals surface area contributed by atoms with Crippen molar-refractivity contribution in [3.63, 3.8) is 0 Å². The standard InChI is InChI=1S/C8H18N3O4P/c1-3-5-7-13-16(12,15-11-10-9)14-8-6-4-2/h3-8H2,1-2H3.